The number of rotatable bonds is 4. The number of nitrogens with two attached hydrogens (primary N) is 1. The third-order valence-electron chi connectivity index (χ3n) is 4.82. The number of nitrogens with one attached hydrogen (secondary N) is 1. The average Bonchev–Trinajstić information content (AvgIpc) is 2.73. The van der Waals surface area contributed by atoms with E-state index in [0.29, 0.717) is 27.4 Å². The quantitative estimate of drug-likeness (QED) is 0.628. The Morgan fingerprint density at radius 1 is 0.897 bits per heavy atom. The molecular formula is C20H19Cl2FN6. The molecule has 2 heterocycles. The smallest absolute Gasteiger partial charge is 0.159 e. The van der Waals surface area contributed by atoms with Crippen molar-refractivity contribution in [1.82, 2.24) is 9.97 Å². The van der Waals surface area contributed by atoms with Crippen molar-refractivity contribution in [3.63, 3.8) is 0 Å². The van der Waals surface area contributed by atoms with E-state index in [1.165, 1.54) is 18.5 Å². The van der Waals surface area contributed by atoms with Gasteiger partial charge in [0.2, 0.25) is 0 Å². The molecule has 3 N–H and O–H groups in total. The number of piperazine rings is 1. The van der Waals surface area contributed by atoms with E-state index in [4.69, 9.17) is 28.9 Å². The first-order valence-electron chi connectivity index (χ1n) is 9.09. The van der Waals surface area contributed by atoms with E-state index >= 15 is 0 Å². The van der Waals surface area contributed by atoms with Crippen LogP contribution < -0.4 is 20.9 Å². The summed E-state index contributed by atoms with van der Waals surface area (Å²) in [5.41, 5.74) is 8.55. The van der Waals surface area contributed by atoms with Crippen molar-refractivity contribution in [2.75, 3.05) is 47.0 Å². The van der Waals surface area contributed by atoms with Crippen LogP contribution in [0.4, 0.5) is 33.1 Å². The maximum atomic E-state index is 13.1. The van der Waals surface area contributed by atoms with Crippen molar-refractivity contribution >= 4 is 51.9 Å². The molecule has 0 radical (unpaired) electrons. The first-order valence-corrected chi connectivity index (χ1v) is 9.85. The van der Waals surface area contributed by atoms with Crippen LogP contribution in [0, 0.1) is 5.82 Å². The summed E-state index contributed by atoms with van der Waals surface area (Å²) in [6.45, 7) is 3.05. The third kappa shape index (κ3) is 4.31. The molecule has 1 aliphatic heterocycles. The minimum absolute atomic E-state index is 0.233. The van der Waals surface area contributed by atoms with Crippen LogP contribution in [0.25, 0.3) is 0 Å². The number of nitrogens with zero attached hydrogens (tertiary/aromatic N) is 4. The van der Waals surface area contributed by atoms with Gasteiger partial charge in [0, 0.05) is 37.6 Å². The molecule has 0 amide bonds. The molecule has 1 aromatic heterocycles. The fourth-order valence-electron chi connectivity index (χ4n) is 3.28. The summed E-state index contributed by atoms with van der Waals surface area (Å²) in [5, 5.41) is 4.09. The summed E-state index contributed by atoms with van der Waals surface area (Å²) >= 11 is 12.0. The summed E-state index contributed by atoms with van der Waals surface area (Å²) < 4.78 is 13.1. The molecule has 150 valence electrons. The van der Waals surface area contributed by atoms with Gasteiger partial charge in [0.05, 0.1) is 10.0 Å². The number of hydrogen-bond donors (Lipinski definition) is 2. The third-order valence-corrected chi connectivity index (χ3v) is 5.56. The highest BCUT2D eigenvalue weighted by Crippen LogP contribution is 2.32. The maximum Gasteiger partial charge on any atom is 0.159 e. The van der Waals surface area contributed by atoms with E-state index < -0.39 is 0 Å². The normalized spacial score (nSPS) is 14.2. The second-order valence-electron chi connectivity index (χ2n) is 6.66. The molecule has 0 unspecified atom stereocenters. The van der Waals surface area contributed by atoms with Crippen LogP contribution in [-0.2, 0) is 0 Å². The van der Waals surface area contributed by atoms with Crippen LogP contribution in [0.3, 0.4) is 0 Å². The van der Waals surface area contributed by atoms with Gasteiger partial charge >= 0.3 is 0 Å². The zero-order valence-corrected chi connectivity index (χ0v) is 17.0. The molecule has 6 nitrogen and oxygen atoms in total. The topological polar surface area (TPSA) is 70.3 Å². The van der Waals surface area contributed by atoms with Gasteiger partial charge in [0.1, 0.15) is 17.8 Å². The van der Waals surface area contributed by atoms with Crippen LogP contribution in [-0.4, -0.2) is 36.1 Å². The predicted octanol–water partition coefficient (Wildman–Crippen LogP) is 4.57. The molecule has 0 saturated carbocycles. The second-order valence-corrected chi connectivity index (χ2v) is 7.48. The molecule has 0 spiro atoms. The van der Waals surface area contributed by atoms with Gasteiger partial charge in [-0.25, -0.2) is 14.4 Å². The fourth-order valence-corrected chi connectivity index (χ4v) is 3.57. The molecule has 29 heavy (non-hydrogen) atoms. The van der Waals surface area contributed by atoms with Gasteiger partial charge in [-0.2, -0.15) is 0 Å². The van der Waals surface area contributed by atoms with E-state index in [9.17, 15) is 4.39 Å². The summed E-state index contributed by atoms with van der Waals surface area (Å²) in [7, 11) is 0. The summed E-state index contributed by atoms with van der Waals surface area (Å²) in [6.07, 6.45) is 1.48. The van der Waals surface area contributed by atoms with Gasteiger partial charge in [-0.05, 0) is 42.5 Å². The van der Waals surface area contributed by atoms with Gasteiger partial charge in [-0.3, -0.25) is 0 Å². The highest BCUT2D eigenvalue weighted by molar-refractivity contribution is 6.42. The number of anilines is 5. The number of halogens is 3. The van der Waals surface area contributed by atoms with Crippen LogP contribution in [0.15, 0.2) is 48.8 Å². The number of hydrogen-bond acceptors (Lipinski definition) is 6. The molecule has 0 bridgehead atoms. The van der Waals surface area contributed by atoms with E-state index in [2.05, 4.69) is 25.1 Å². The molecule has 1 aliphatic rings. The van der Waals surface area contributed by atoms with E-state index in [1.807, 2.05) is 0 Å². The largest absolute Gasteiger partial charge is 0.393 e. The standard InChI is InChI=1S/C20H19Cl2FN6/c21-16-6-3-14(11-17(16)22)27-19-18(24)20(26-12-25-19)29-9-7-28(8-10-29)15-4-1-13(23)2-5-15/h1-6,11-12H,7-10,24H2,(H,25,26,27). The Hall–Kier alpha value is -2.77. The molecule has 1 saturated heterocycles. The molecule has 4 rings (SSSR count). The Labute approximate surface area is 178 Å². The SMILES string of the molecule is Nc1c(Nc2ccc(Cl)c(Cl)c2)ncnc1N1CCN(c2ccc(F)cc2)CC1. The second kappa shape index (κ2) is 8.31. The highest BCUT2D eigenvalue weighted by atomic mass is 35.5. The van der Waals surface area contributed by atoms with Gasteiger partial charge in [-0.1, -0.05) is 23.2 Å². The van der Waals surface area contributed by atoms with Crippen molar-refractivity contribution < 1.29 is 4.39 Å². The number of benzene rings is 2. The monoisotopic (exact) mass is 432 g/mol. The lowest BCUT2D eigenvalue weighted by atomic mass is 10.2. The summed E-state index contributed by atoms with van der Waals surface area (Å²) in [6, 6.07) is 11.8. The van der Waals surface area contributed by atoms with Crippen LogP contribution in [0.1, 0.15) is 0 Å². The molecular weight excluding hydrogens is 414 g/mol. The van der Waals surface area contributed by atoms with Crippen molar-refractivity contribution in [2.24, 2.45) is 0 Å². The average molecular weight is 433 g/mol. The minimum atomic E-state index is -0.233. The zero-order valence-electron chi connectivity index (χ0n) is 15.4. The molecule has 1 fully saturated rings. The fraction of sp³-hybridized carbons (Fsp3) is 0.200. The predicted molar refractivity (Wildman–Crippen MR) is 117 cm³/mol. The van der Waals surface area contributed by atoms with E-state index in [1.54, 1.807) is 30.3 Å². The lowest BCUT2D eigenvalue weighted by Crippen LogP contribution is -2.47. The van der Waals surface area contributed by atoms with Crippen molar-refractivity contribution in [3.05, 3.63) is 64.7 Å². The first kappa shape index (κ1) is 19.5. The number of nitrogen functional groups attached to an aromatic ring is 1. The van der Waals surface area contributed by atoms with E-state index in [0.717, 1.165) is 37.6 Å². The highest BCUT2D eigenvalue weighted by Gasteiger charge is 2.21. The van der Waals surface area contributed by atoms with Gasteiger partial charge < -0.3 is 20.9 Å². The first-order chi connectivity index (χ1) is 14.0. The van der Waals surface area contributed by atoms with Crippen LogP contribution >= 0.6 is 23.2 Å². The Morgan fingerprint density at radius 3 is 2.28 bits per heavy atom. The Balaban J connectivity index is 1.47. The lowest BCUT2D eigenvalue weighted by Gasteiger charge is -2.37. The number of aromatic nitrogens is 2. The molecule has 0 atom stereocenters. The van der Waals surface area contributed by atoms with Crippen molar-refractivity contribution in [1.29, 1.82) is 0 Å². The maximum absolute atomic E-state index is 13.1. The molecule has 2 aromatic carbocycles. The minimum Gasteiger partial charge on any atom is -0.393 e. The summed E-state index contributed by atoms with van der Waals surface area (Å²) in [4.78, 5) is 13.0. The summed E-state index contributed by atoms with van der Waals surface area (Å²) in [5.74, 6) is 0.957. The molecule has 0 aliphatic carbocycles. The van der Waals surface area contributed by atoms with Crippen molar-refractivity contribution in [2.45, 2.75) is 0 Å². The Bertz CT molecular complexity index is 1010. The molecule has 3 aromatic rings. The van der Waals surface area contributed by atoms with Gasteiger partial charge in [-0.15, -0.1) is 0 Å². The van der Waals surface area contributed by atoms with Crippen molar-refractivity contribution in [3.8, 4) is 0 Å². The van der Waals surface area contributed by atoms with Gasteiger partial charge in [0.25, 0.3) is 0 Å². The van der Waals surface area contributed by atoms with Crippen LogP contribution in [0.2, 0.25) is 10.0 Å². The Kier molecular flexibility index (Phi) is 5.60. The Morgan fingerprint density at radius 2 is 1.59 bits per heavy atom. The van der Waals surface area contributed by atoms with Gasteiger partial charge in [0.15, 0.2) is 11.6 Å². The zero-order chi connectivity index (χ0) is 20.4. The lowest BCUT2D eigenvalue weighted by molar-refractivity contribution is 0.624. The molecule has 9 heteroatoms. The van der Waals surface area contributed by atoms with Crippen LogP contribution in [0.5, 0.6) is 0 Å². The van der Waals surface area contributed by atoms with E-state index in [-0.39, 0.29) is 5.82 Å².